The molecule has 3 saturated carbocycles. The largest absolute Gasteiger partial charge is 0.454 e. The molecule has 7 atom stereocenters. The van der Waals surface area contributed by atoms with E-state index in [1.54, 1.807) is 19.1 Å². The number of carbonyl (C=O) groups excluding carboxylic acids is 3. The summed E-state index contributed by atoms with van der Waals surface area (Å²) in [5, 5.41) is 22.9. The van der Waals surface area contributed by atoms with Crippen molar-refractivity contribution in [2.45, 2.75) is 64.6 Å². The van der Waals surface area contributed by atoms with Gasteiger partial charge in [0, 0.05) is 22.8 Å². The molecule has 6 nitrogen and oxygen atoms in total. The van der Waals surface area contributed by atoms with Gasteiger partial charge in [-0.25, -0.2) is 4.79 Å². The van der Waals surface area contributed by atoms with Gasteiger partial charge in [-0.05, 0) is 63.0 Å². The molecule has 0 aromatic carbocycles. The van der Waals surface area contributed by atoms with Crippen molar-refractivity contribution in [3.05, 3.63) is 36.0 Å². The first-order chi connectivity index (χ1) is 14.6. The minimum atomic E-state index is -1.63. The van der Waals surface area contributed by atoms with Gasteiger partial charge in [-0.2, -0.15) is 0 Å². The number of aliphatic hydroxyl groups is 2. The molecule has 6 heteroatoms. The summed E-state index contributed by atoms with van der Waals surface area (Å²) in [5.41, 5.74) is -1.73. The highest BCUT2D eigenvalue weighted by Crippen LogP contribution is 2.67. The summed E-state index contributed by atoms with van der Waals surface area (Å²) >= 11 is 0. The number of rotatable bonds is 4. The van der Waals surface area contributed by atoms with E-state index < -0.39 is 35.5 Å². The quantitative estimate of drug-likeness (QED) is 0.527. The Labute approximate surface area is 183 Å². The van der Waals surface area contributed by atoms with E-state index in [0.717, 1.165) is 18.4 Å². The molecule has 0 saturated heterocycles. The third-order valence-corrected chi connectivity index (χ3v) is 8.76. The number of hydrogen-bond donors (Lipinski definition) is 2. The SMILES string of the molecule is C/C=C/C(=O)OCC(=O)[C@]1(O)CC[C@@H]2[C@H]3CCC4=CC(=O)C=C[C@]4(C)[C@@H]3[C@@H](O)C[C@]21C. The number of ether oxygens (including phenoxy) is 1. The van der Waals surface area contributed by atoms with Crippen LogP contribution in [0.2, 0.25) is 0 Å². The van der Waals surface area contributed by atoms with Gasteiger partial charge in [-0.15, -0.1) is 0 Å². The Morgan fingerprint density at radius 3 is 2.74 bits per heavy atom. The van der Waals surface area contributed by atoms with E-state index in [2.05, 4.69) is 6.92 Å². The molecular weight excluding hydrogens is 396 g/mol. The lowest BCUT2D eigenvalue weighted by Crippen LogP contribution is -2.61. The number of carbonyl (C=O) groups is 3. The number of esters is 1. The standard InChI is InChI=1S/C25H32O6/c1-4-5-21(29)31-14-20(28)25(30)11-9-18-17-7-6-15-12-16(26)8-10-23(15,2)22(17)19(27)13-24(18,25)3/h4-5,8,10,12,17-19,22,27,30H,6-7,9,11,13-14H2,1-3H3/b5-4+/t17-,18-,19+,22+,23+,24-,25-/m1/s1. The average Bonchev–Trinajstić information content (AvgIpc) is 2.98. The van der Waals surface area contributed by atoms with E-state index >= 15 is 0 Å². The van der Waals surface area contributed by atoms with Gasteiger partial charge in [0.15, 0.2) is 12.4 Å². The molecule has 0 bridgehead atoms. The average molecular weight is 429 g/mol. The van der Waals surface area contributed by atoms with Gasteiger partial charge in [0.25, 0.3) is 0 Å². The zero-order valence-corrected chi connectivity index (χ0v) is 18.5. The van der Waals surface area contributed by atoms with Gasteiger partial charge >= 0.3 is 5.97 Å². The molecule has 0 unspecified atom stereocenters. The van der Waals surface area contributed by atoms with E-state index in [4.69, 9.17) is 4.74 Å². The molecule has 0 aliphatic heterocycles. The number of ketones is 2. The molecule has 4 rings (SSSR count). The fourth-order valence-electron chi connectivity index (χ4n) is 7.23. The third-order valence-electron chi connectivity index (χ3n) is 8.76. The molecule has 0 amide bonds. The Morgan fingerprint density at radius 2 is 2.03 bits per heavy atom. The molecule has 3 fully saturated rings. The van der Waals surface area contributed by atoms with Gasteiger partial charge < -0.3 is 14.9 Å². The summed E-state index contributed by atoms with van der Waals surface area (Å²) in [5.74, 6) is -0.950. The summed E-state index contributed by atoms with van der Waals surface area (Å²) in [7, 11) is 0. The van der Waals surface area contributed by atoms with Crippen molar-refractivity contribution in [2.75, 3.05) is 6.61 Å². The first-order valence-corrected chi connectivity index (χ1v) is 11.2. The second-order valence-electron chi connectivity index (χ2n) is 10.1. The first-order valence-electron chi connectivity index (χ1n) is 11.2. The summed E-state index contributed by atoms with van der Waals surface area (Å²) in [6, 6.07) is 0. The Kier molecular flexibility index (Phi) is 5.38. The summed E-state index contributed by atoms with van der Waals surface area (Å²) in [6.07, 6.45) is 10.2. The van der Waals surface area contributed by atoms with Crippen LogP contribution in [-0.4, -0.2) is 46.1 Å². The van der Waals surface area contributed by atoms with Crippen molar-refractivity contribution >= 4 is 17.5 Å². The number of aliphatic hydroxyl groups excluding tert-OH is 1. The van der Waals surface area contributed by atoms with Crippen LogP contribution >= 0.6 is 0 Å². The molecule has 4 aliphatic carbocycles. The van der Waals surface area contributed by atoms with E-state index in [0.29, 0.717) is 19.3 Å². The molecular formula is C25H32O6. The molecule has 0 spiro atoms. The third kappa shape index (κ3) is 3.18. The van der Waals surface area contributed by atoms with Crippen LogP contribution in [0.1, 0.15) is 52.9 Å². The van der Waals surface area contributed by atoms with E-state index in [-0.39, 0.29) is 29.0 Å². The van der Waals surface area contributed by atoms with Crippen LogP contribution in [0.4, 0.5) is 0 Å². The van der Waals surface area contributed by atoms with Crippen molar-refractivity contribution in [3.8, 4) is 0 Å². The van der Waals surface area contributed by atoms with E-state index in [1.165, 1.54) is 12.2 Å². The van der Waals surface area contributed by atoms with Crippen LogP contribution in [0.5, 0.6) is 0 Å². The molecule has 0 aromatic rings. The molecule has 168 valence electrons. The second-order valence-corrected chi connectivity index (χ2v) is 10.1. The molecule has 0 heterocycles. The van der Waals surface area contributed by atoms with Crippen molar-refractivity contribution < 1.29 is 29.3 Å². The summed E-state index contributed by atoms with van der Waals surface area (Å²) in [4.78, 5) is 36.6. The number of allylic oxidation sites excluding steroid dienone is 5. The first kappa shape index (κ1) is 22.2. The van der Waals surface area contributed by atoms with E-state index in [9.17, 15) is 24.6 Å². The Morgan fingerprint density at radius 1 is 1.29 bits per heavy atom. The van der Waals surface area contributed by atoms with Crippen LogP contribution < -0.4 is 0 Å². The number of fused-ring (bicyclic) bond motifs is 5. The Balaban J connectivity index is 1.61. The zero-order valence-electron chi connectivity index (χ0n) is 18.5. The summed E-state index contributed by atoms with van der Waals surface area (Å²) < 4.78 is 5.03. The van der Waals surface area contributed by atoms with Gasteiger partial charge in [-0.1, -0.05) is 31.6 Å². The summed E-state index contributed by atoms with van der Waals surface area (Å²) in [6.45, 7) is 5.21. The molecule has 31 heavy (non-hydrogen) atoms. The van der Waals surface area contributed by atoms with Crippen LogP contribution in [0.25, 0.3) is 0 Å². The van der Waals surface area contributed by atoms with Crippen LogP contribution in [0.15, 0.2) is 36.0 Å². The lowest BCUT2D eigenvalue weighted by molar-refractivity contribution is -0.180. The van der Waals surface area contributed by atoms with Crippen molar-refractivity contribution in [3.63, 3.8) is 0 Å². The topological polar surface area (TPSA) is 101 Å². The minimum Gasteiger partial charge on any atom is -0.454 e. The Bertz CT molecular complexity index is 900. The smallest absolute Gasteiger partial charge is 0.330 e. The molecule has 0 aromatic heterocycles. The van der Waals surface area contributed by atoms with Gasteiger partial charge in [-0.3, -0.25) is 9.59 Å². The fraction of sp³-hybridized carbons (Fsp3) is 0.640. The second kappa shape index (κ2) is 7.52. The van der Waals surface area contributed by atoms with Crippen molar-refractivity contribution in [2.24, 2.45) is 28.6 Å². The van der Waals surface area contributed by atoms with Crippen molar-refractivity contribution in [1.82, 2.24) is 0 Å². The molecule has 0 radical (unpaired) electrons. The van der Waals surface area contributed by atoms with Crippen LogP contribution in [-0.2, 0) is 19.1 Å². The monoisotopic (exact) mass is 428 g/mol. The van der Waals surface area contributed by atoms with E-state index in [1.807, 2.05) is 13.0 Å². The number of hydrogen-bond acceptors (Lipinski definition) is 6. The maximum absolute atomic E-state index is 13.0. The predicted molar refractivity (Wildman–Crippen MR) is 114 cm³/mol. The normalized spacial score (nSPS) is 43.8. The lowest BCUT2D eigenvalue weighted by Gasteiger charge is -2.59. The fourth-order valence-corrected chi connectivity index (χ4v) is 7.23. The van der Waals surface area contributed by atoms with Crippen molar-refractivity contribution in [1.29, 1.82) is 0 Å². The van der Waals surface area contributed by atoms with Gasteiger partial charge in [0.05, 0.1) is 6.10 Å². The highest BCUT2D eigenvalue weighted by Gasteiger charge is 2.68. The maximum atomic E-state index is 13.0. The predicted octanol–water partition coefficient (Wildman–Crippen LogP) is 2.68. The zero-order chi connectivity index (χ0) is 22.6. The molecule has 4 aliphatic rings. The Hall–Kier alpha value is -2.05. The lowest BCUT2D eigenvalue weighted by atomic mass is 9.46. The number of Topliss-reactive ketones (excluding diaryl/α,β-unsaturated/α-hetero) is 1. The van der Waals surface area contributed by atoms with Gasteiger partial charge in [0.1, 0.15) is 5.60 Å². The molecule has 2 N–H and O–H groups in total. The maximum Gasteiger partial charge on any atom is 0.330 e. The van der Waals surface area contributed by atoms with Gasteiger partial charge in [0.2, 0.25) is 5.78 Å². The highest BCUT2D eigenvalue weighted by atomic mass is 16.5. The van der Waals surface area contributed by atoms with Crippen LogP contribution in [0.3, 0.4) is 0 Å². The highest BCUT2D eigenvalue weighted by molar-refractivity contribution is 6.01. The van der Waals surface area contributed by atoms with Crippen LogP contribution in [0, 0.1) is 28.6 Å². The minimum absolute atomic E-state index is 0.00522.